The first kappa shape index (κ1) is 19.4. The van der Waals surface area contributed by atoms with Crippen LogP contribution in [0.15, 0.2) is 42.5 Å². The number of para-hydroxylation sites is 1. The number of carbonyl (C=O) groups is 1. The summed E-state index contributed by atoms with van der Waals surface area (Å²) in [5.74, 6) is -1.18. The highest BCUT2D eigenvalue weighted by Crippen LogP contribution is 2.29. The molecule has 2 aromatic carbocycles. The fourth-order valence-corrected chi connectivity index (χ4v) is 2.47. The fraction of sp³-hybridized carbons (Fsp3) is 0.316. The maximum absolute atomic E-state index is 13.4. The molecule has 0 fully saturated rings. The van der Waals surface area contributed by atoms with E-state index in [1.54, 1.807) is 6.07 Å². The van der Waals surface area contributed by atoms with Crippen molar-refractivity contribution in [3.8, 4) is 5.75 Å². The molecular formula is C19H21FN2O4. The zero-order valence-corrected chi connectivity index (χ0v) is 14.9. The molecular weight excluding hydrogens is 339 g/mol. The predicted octanol–water partition coefficient (Wildman–Crippen LogP) is 4.65. The Kier molecular flexibility index (Phi) is 6.27. The Morgan fingerprint density at radius 1 is 1.27 bits per heavy atom. The van der Waals surface area contributed by atoms with Crippen LogP contribution in [-0.2, 0) is 4.79 Å². The summed E-state index contributed by atoms with van der Waals surface area (Å²) in [6.45, 7) is 5.56. The molecule has 2 rings (SSSR count). The first-order chi connectivity index (χ1) is 12.3. The van der Waals surface area contributed by atoms with Gasteiger partial charge in [-0.25, -0.2) is 4.39 Å². The van der Waals surface area contributed by atoms with E-state index in [1.165, 1.54) is 6.92 Å². The van der Waals surface area contributed by atoms with Crippen LogP contribution in [0.25, 0.3) is 0 Å². The lowest BCUT2D eigenvalue weighted by Crippen LogP contribution is -2.30. The van der Waals surface area contributed by atoms with Crippen LogP contribution >= 0.6 is 0 Å². The zero-order chi connectivity index (χ0) is 19.3. The summed E-state index contributed by atoms with van der Waals surface area (Å²) >= 11 is 0. The molecule has 1 N–H and O–H groups in total. The third kappa shape index (κ3) is 4.56. The quantitative estimate of drug-likeness (QED) is 0.575. The number of nitro groups is 1. The Labute approximate surface area is 151 Å². The van der Waals surface area contributed by atoms with E-state index in [1.807, 2.05) is 18.2 Å². The van der Waals surface area contributed by atoms with E-state index in [0.29, 0.717) is 5.69 Å². The van der Waals surface area contributed by atoms with Gasteiger partial charge in [0.15, 0.2) is 6.10 Å². The monoisotopic (exact) mass is 360 g/mol. The first-order valence-electron chi connectivity index (χ1n) is 8.33. The summed E-state index contributed by atoms with van der Waals surface area (Å²) in [5, 5.41) is 13.8. The van der Waals surface area contributed by atoms with Crippen molar-refractivity contribution >= 4 is 17.3 Å². The van der Waals surface area contributed by atoms with Gasteiger partial charge in [-0.05, 0) is 37.0 Å². The van der Waals surface area contributed by atoms with Gasteiger partial charge in [0, 0.05) is 17.8 Å². The van der Waals surface area contributed by atoms with E-state index in [4.69, 9.17) is 4.74 Å². The summed E-state index contributed by atoms with van der Waals surface area (Å²) in [6.07, 6.45) is -0.130. The minimum absolute atomic E-state index is 0.257. The molecule has 0 heterocycles. The second kappa shape index (κ2) is 8.42. The lowest BCUT2D eigenvalue weighted by atomic mass is 9.97. The van der Waals surface area contributed by atoms with Crippen molar-refractivity contribution in [1.82, 2.24) is 0 Å². The average molecular weight is 360 g/mol. The Morgan fingerprint density at radius 3 is 2.62 bits per heavy atom. The lowest BCUT2D eigenvalue weighted by Gasteiger charge is -2.18. The number of nitrogens with one attached hydrogen (secondary N) is 1. The van der Waals surface area contributed by atoms with Gasteiger partial charge in [0.1, 0.15) is 5.82 Å². The Hall–Kier alpha value is -2.96. The van der Waals surface area contributed by atoms with Crippen LogP contribution in [0.5, 0.6) is 5.75 Å². The number of anilines is 1. The maximum Gasteiger partial charge on any atom is 0.311 e. The largest absolute Gasteiger partial charge is 0.474 e. The minimum Gasteiger partial charge on any atom is -0.474 e. The Balaban J connectivity index is 2.17. The van der Waals surface area contributed by atoms with Crippen LogP contribution in [0.4, 0.5) is 15.8 Å². The second-order valence-electron chi connectivity index (χ2n) is 6.02. The van der Waals surface area contributed by atoms with Gasteiger partial charge in [-0.2, -0.15) is 0 Å². The first-order valence-corrected chi connectivity index (χ1v) is 8.33. The highest BCUT2D eigenvalue weighted by Gasteiger charge is 2.22. The fourth-order valence-electron chi connectivity index (χ4n) is 2.47. The van der Waals surface area contributed by atoms with E-state index in [0.717, 1.165) is 30.2 Å². The normalized spacial score (nSPS) is 12.9. The zero-order valence-electron chi connectivity index (χ0n) is 14.9. The average Bonchev–Trinajstić information content (AvgIpc) is 2.61. The van der Waals surface area contributed by atoms with Crippen molar-refractivity contribution in [2.24, 2.45) is 0 Å². The molecule has 1 amide bonds. The molecule has 7 heteroatoms. The molecule has 26 heavy (non-hydrogen) atoms. The van der Waals surface area contributed by atoms with E-state index in [2.05, 4.69) is 19.2 Å². The number of benzene rings is 2. The SMILES string of the molecule is CC[C@@H](C)c1ccccc1NC(=O)[C@H](C)Oc1cc(F)ccc1[N+](=O)[O-]. The Bertz CT molecular complexity index is 810. The van der Waals surface area contributed by atoms with E-state index >= 15 is 0 Å². The van der Waals surface area contributed by atoms with Crippen molar-refractivity contribution in [2.45, 2.75) is 39.2 Å². The van der Waals surface area contributed by atoms with Crippen molar-refractivity contribution in [2.75, 3.05) is 5.32 Å². The molecule has 0 unspecified atom stereocenters. The van der Waals surface area contributed by atoms with Gasteiger partial charge >= 0.3 is 5.69 Å². The van der Waals surface area contributed by atoms with Crippen LogP contribution in [-0.4, -0.2) is 16.9 Å². The summed E-state index contributed by atoms with van der Waals surface area (Å²) in [7, 11) is 0. The molecule has 138 valence electrons. The van der Waals surface area contributed by atoms with Gasteiger partial charge in [-0.1, -0.05) is 32.0 Å². The highest BCUT2D eigenvalue weighted by molar-refractivity contribution is 5.95. The van der Waals surface area contributed by atoms with Gasteiger partial charge < -0.3 is 10.1 Å². The molecule has 0 aliphatic rings. The molecule has 6 nitrogen and oxygen atoms in total. The number of hydrogen-bond donors (Lipinski definition) is 1. The van der Waals surface area contributed by atoms with E-state index < -0.39 is 28.4 Å². The Morgan fingerprint density at radius 2 is 1.96 bits per heavy atom. The summed E-state index contributed by atoms with van der Waals surface area (Å²) in [5.41, 5.74) is 1.26. The molecule has 0 saturated heterocycles. The number of hydrogen-bond acceptors (Lipinski definition) is 4. The standard InChI is InChI=1S/C19H21FN2O4/c1-4-12(2)15-7-5-6-8-16(15)21-19(23)13(3)26-18-11-14(20)9-10-17(18)22(24)25/h5-13H,4H2,1-3H3,(H,21,23)/t12-,13+/m1/s1. The lowest BCUT2D eigenvalue weighted by molar-refractivity contribution is -0.386. The number of ether oxygens (including phenoxy) is 1. The number of nitro benzene ring substituents is 1. The van der Waals surface area contributed by atoms with Crippen LogP contribution in [0.1, 0.15) is 38.7 Å². The molecule has 0 spiro atoms. The van der Waals surface area contributed by atoms with Crippen molar-refractivity contribution in [3.05, 3.63) is 64.0 Å². The van der Waals surface area contributed by atoms with E-state index in [-0.39, 0.29) is 11.7 Å². The van der Waals surface area contributed by atoms with Crippen LogP contribution in [0.3, 0.4) is 0 Å². The third-order valence-electron chi connectivity index (χ3n) is 4.15. The van der Waals surface area contributed by atoms with Crippen LogP contribution in [0.2, 0.25) is 0 Å². The molecule has 0 aliphatic carbocycles. The van der Waals surface area contributed by atoms with Gasteiger partial charge in [0.2, 0.25) is 5.75 Å². The van der Waals surface area contributed by atoms with Crippen molar-refractivity contribution in [3.63, 3.8) is 0 Å². The number of carbonyl (C=O) groups excluding carboxylic acids is 1. The smallest absolute Gasteiger partial charge is 0.311 e. The number of rotatable bonds is 7. The third-order valence-corrected chi connectivity index (χ3v) is 4.15. The summed E-state index contributed by atoms with van der Waals surface area (Å²) in [4.78, 5) is 22.8. The number of nitrogens with zero attached hydrogens (tertiary/aromatic N) is 1. The van der Waals surface area contributed by atoms with Crippen LogP contribution < -0.4 is 10.1 Å². The number of amides is 1. The van der Waals surface area contributed by atoms with Gasteiger partial charge in [-0.15, -0.1) is 0 Å². The highest BCUT2D eigenvalue weighted by atomic mass is 19.1. The summed E-state index contributed by atoms with van der Waals surface area (Å²) < 4.78 is 18.7. The molecule has 0 saturated carbocycles. The second-order valence-corrected chi connectivity index (χ2v) is 6.02. The van der Waals surface area contributed by atoms with Gasteiger partial charge in [0.05, 0.1) is 4.92 Å². The molecule has 0 bridgehead atoms. The molecule has 0 aliphatic heterocycles. The molecule has 0 aromatic heterocycles. The van der Waals surface area contributed by atoms with Crippen molar-refractivity contribution < 1.29 is 18.8 Å². The molecule has 2 aromatic rings. The van der Waals surface area contributed by atoms with Crippen LogP contribution in [0, 0.1) is 15.9 Å². The predicted molar refractivity (Wildman–Crippen MR) is 96.9 cm³/mol. The maximum atomic E-state index is 13.4. The topological polar surface area (TPSA) is 81.5 Å². The van der Waals surface area contributed by atoms with Crippen molar-refractivity contribution in [1.29, 1.82) is 0 Å². The van der Waals surface area contributed by atoms with Gasteiger partial charge in [-0.3, -0.25) is 14.9 Å². The van der Waals surface area contributed by atoms with E-state index in [9.17, 15) is 19.3 Å². The minimum atomic E-state index is -1.04. The molecule has 2 atom stereocenters. The van der Waals surface area contributed by atoms with Gasteiger partial charge in [0.25, 0.3) is 5.91 Å². The summed E-state index contributed by atoms with van der Waals surface area (Å²) in [6, 6.07) is 10.3. The molecule has 0 radical (unpaired) electrons. The number of halogens is 1.